The second-order valence-corrected chi connectivity index (χ2v) is 5.00. The summed E-state index contributed by atoms with van der Waals surface area (Å²) in [6, 6.07) is 2.63. The van der Waals surface area contributed by atoms with Crippen molar-refractivity contribution in [3.63, 3.8) is 0 Å². The molecule has 16 heavy (non-hydrogen) atoms. The number of carbonyl (C=O) groups is 1. The third kappa shape index (κ3) is 4.33. The van der Waals surface area contributed by atoms with Crippen molar-refractivity contribution in [2.24, 2.45) is 0 Å². The molecule has 0 atom stereocenters. The second kappa shape index (κ2) is 6.01. The van der Waals surface area contributed by atoms with E-state index in [0.717, 1.165) is 32.4 Å². The van der Waals surface area contributed by atoms with Crippen molar-refractivity contribution in [1.29, 1.82) is 0 Å². The lowest BCUT2D eigenvalue weighted by Crippen LogP contribution is -2.29. The molecule has 0 aliphatic heterocycles. The van der Waals surface area contributed by atoms with Crippen LogP contribution in [0.2, 0.25) is 0 Å². The summed E-state index contributed by atoms with van der Waals surface area (Å²) in [5.41, 5.74) is 1.37. The Hall–Kier alpha value is -0.870. The first kappa shape index (κ1) is 11.6. The van der Waals surface area contributed by atoms with Crippen LogP contribution in [0.5, 0.6) is 0 Å². The molecule has 1 fully saturated rings. The van der Waals surface area contributed by atoms with Crippen molar-refractivity contribution in [3.8, 4) is 0 Å². The molecule has 88 valence electrons. The predicted molar refractivity (Wildman–Crippen MR) is 66.7 cm³/mol. The number of thiophene rings is 1. The van der Waals surface area contributed by atoms with E-state index < -0.39 is 0 Å². The van der Waals surface area contributed by atoms with Crippen LogP contribution in [0.15, 0.2) is 16.8 Å². The van der Waals surface area contributed by atoms with Gasteiger partial charge in [-0.05, 0) is 48.2 Å². The van der Waals surface area contributed by atoms with Gasteiger partial charge in [-0.25, -0.2) is 0 Å². The predicted octanol–water partition coefficient (Wildman–Crippen LogP) is 1.55. The van der Waals surface area contributed by atoms with Gasteiger partial charge in [-0.2, -0.15) is 11.3 Å². The summed E-state index contributed by atoms with van der Waals surface area (Å²) in [5, 5.41) is 10.5. The molecule has 2 rings (SSSR count). The Morgan fingerprint density at radius 3 is 3.00 bits per heavy atom. The Kier molecular flexibility index (Phi) is 4.36. The maximum absolute atomic E-state index is 11.3. The quantitative estimate of drug-likeness (QED) is 0.708. The molecule has 0 aromatic carbocycles. The topological polar surface area (TPSA) is 41.1 Å². The molecule has 1 saturated carbocycles. The molecule has 1 aliphatic rings. The number of carbonyl (C=O) groups excluding carboxylic acids is 1. The largest absolute Gasteiger partial charge is 0.353 e. The molecular weight excluding hydrogens is 220 g/mol. The first-order chi connectivity index (χ1) is 7.84. The van der Waals surface area contributed by atoms with Crippen LogP contribution in [0.1, 0.15) is 24.8 Å². The van der Waals surface area contributed by atoms with Gasteiger partial charge in [0, 0.05) is 19.0 Å². The fourth-order valence-electron chi connectivity index (χ4n) is 1.52. The van der Waals surface area contributed by atoms with E-state index in [4.69, 9.17) is 0 Å². The molecular formula is C12H18N2OS. The summed E-state index contributed by atoms with van der Waals surface area (Å²) in [4.78, 5) is 11.3. The van der Waals surface area contributed by atoms with Gasteiger partial charge in [-0.1, -0.05) is 0 Å². The monoisotopic (exact) mass is 238 g/mol. The Morgan fingerprint density at radius 2 is 2.31 bits per heavy atom. The number of hydrogen-bond donors (Lipinski definition) is 2. The van der Waals surface area contributed by atoms with Crippen LogP contribution in [-0.4, -0.2) is 25.0 Å². The summed E-state index contributed by atoms with van der Waals surface area (Å²) >= 11 is 1.73. The van der Waals surface area contributed by atoms with E-state index in [1.54, 1.807) is 11.3 Å². The number of hydrogen-bond acceptors (Lipinski definition) is 3. The zero-order valence-electron chi connectivity index (χ0n) is 9.37. The minimum absolute atomic E-state index is 0.186. The standard InChI is InChI=1S/C12H18N2OS/c15-12(14-11-1-2-11)4-7-13-6-3-10-5-8-16-9-10/h5,8-9,11,13H,1-4,6-7H2,(H,14,15). The van der Waals surface area contributed by atoms with Crippen molar-refractivity contribution in [1.82, 2.24) is 10.6 Å². The molecule has 1 aromatic heterocycles. The fraction of sp³-hybridized carbons (Fsp3) is 0.583. The maximum Gasteiger partial charge on any atom is 0.221 e. The third-order valence-electron chi connectivity index (χ3n) is 2.64. The van der Waals surface area contributed by atoms with Gasteiger partial charge in [-0.15, -0.1) is 0 Å². The highest BCUT2D eigenvalue weighted by molar-refractivity contribution is 7.07. The Balaban J connectivity index is 1.46. The summed E-state index contributed by atoms with van der Waals surface area (Å²) in [6.07, 6.45) is 3.97. The zero-order valence-corrected chi connectivity index (χ0v) is 10.2. The first-order valence-corrected chi connectivity index (χ1v) is 6.80. The molecule has 1 amide bonds. The van der Waals surface area contributed by atoms with Gasteiger partial charge >= 0.3 is 0 Å². The molecule has 4 heteroatoms. The van der Waals surface area contributed by atoms with E-state index in [2.05, 4.69) is 27.5 Å². The Bertz CT molecular complexity index is 320. The van der Waals surface area contributed by atoms with E-state index in [1.807, 2.05) is 0 Å². The van der Waals surface area contributed by atoms with Crippen LogP contribution >= 0.6 is 11.3 Å². The van der Waals surface area contributed by atoms with Crippen molar-refractivity contribution in [3.05, 3.63) is 22.4 Å². The van der Waals surface area contributed by atoms with Crippen LogP contribution < -0.4 is 10.6 Å². The lowest BCUT2D eigenvalue weighted by atomic mass is 10.2. The van der Waals surface area contributed by atoms with Gasteiger partial charge in [0.15, 0.2) is 0 Å². The van der Waals surface area contributed by atoms with Crippen LogP contribution in [0.25, 0.3) is 0 Å². The minimum Gasteiger partial charge on any atom is -0.353 e. The normalized spacial score (nSPS) is 15.0. The number of nitrogens with one attached hydrogen (secondary N) is 2. The molecule has 1 aromatic rings. The summed E-state index contributed by atoms with van der Waals surface area (Å²) in [6.45, 7) is 1.73. The molecule has 2 N–H and O–H groups in total. The summed E-state index contributed by atoms with van der Waals surface area (Å²) in [7, 11) is 0. The SMILES string of the molecule is O=C(CCNCCc1ccsc1)NC1CC1. The van der Waals surface area contributed by atoms with Crippen molar-refractivity contribution >= 4 is 17.2 Å². The molecule has 1 heterocycles. The molecule has 1 aliphatic carbocycles. The maximum atomic E-state index is 11.3. The fourth-order valence-corrected chi connectivity index (χ4v) is 2.23. The zero-order chi connectivity index (χ0) is 11.2. The smallest absolute Gasteiger partial charge is 0.221 e. The molecule has 3 nitrogen and oxygen atoms in total. The first-order valence-electron chi connectivity index (χ1n) is 5.86. The van der Waals surface area contributed by atoms with Gasteiger partial charge in [0.1, 0.15) is 0 Å². The third-order valence-corrected chi connectivity index (χ3v) is 3.37. The molecule has 0 radical (unpaired) electrons. The molecule has 0 spiro atoms. The van der Waals surface area contributed by atoms with Crippen molar-refractivity contribution in [2.75, 3.05) is 13.1 Å². The van der Waals surface area contributed by atoms with Gasteiger partial charge in [0.05, 0.1) is 0 Å². The van der Waals surface area contributed by atoms with E-state index in [9.17, 15) is 4.79 Å². The lowest BCUT2D eigenvalue weighted by Gasteiger charge is -2.04. The van der Waals surface area contributed by atoms with Gasteiger partial charge < -0.3 is 10.6 Å². The van der Waals surface area contributed by atoms with Gasteiger partial charge in [-0.3, -0.25) is 4.79 Å². The molecule has 0 unspecified atom stereocenters. The van der Waals surface area contributed by atoms with Crippen LogP contribution in [-0.2, 0) is 11.2 Å². The number of rotatable bonds is 7. The molecule has 0 saturated heterocycles. The van der Waals surface area contributed by atoms with Crippen LogP contribution in [0, 0.1) is 0 Å². The van der Waals surface area contributed by atoms with Gasteiger partial charge in [0.25, 0.3) is 0 Å². The number of amides is 1. The van der Waals surface area contributed by atoms with Crippen LogP contribution in [0.4, 0.5) is 0 Å². The Labute approximate surface area is 100 Å². The van der Waals surface area contributed by atoms with Crippen molar-refractivity contribution in [2.45, 2.75) is 31.7 Å². The molecule has 0 bridgehead atoms. The van der Waals surface area contributed by atoms with E-state index in [0.29, 0.717) is 12.5 Å². The highest BCUT2D eigenvalue weighted by atomic mass is 32.1. The summed E-state index contributed by atoms with van der Waals surface area (Å²) in [5.74, 6) is 0.186. The lowest BCUT2D eigenvalue weighted by molar-refractivity contribution is -0.121. The van der Waals surface area contributed by atoms with Crippen molar-refractivity contribution < 1.29 is 4.79 Å². The highest BCUT2D eigenvalue weighted by Gasteiger charge is 2.22. The summed E-state index contributed by atoms with van der Waals surface area (Å²) < 4.78 is 0. The van der Waals surface area contributed by atoms with E-state index >= 15 is 0 Å². The minimum atomic E-state index is 0.186. The van der Waals surface area contributed by atoms with E-state index in [-0.39, 0.29) is 5.91 Å². The highest BCUT2D eigenvalue weighted by Crippen LogP contribution is 2.18. The second-order valence-electron chi connectivity index (χ2n) is 4.22. The van der Waals surface area contributed by atoms with Crippen LogP contribution in [0.3, 0.4) is 0 Å². The average molecular weight is 238 g/mol. The Morgan fingerprint density at radius 1 is 1.44 bits per heavy atom. The van der Waals surface area contributed by atoms with Gasteiger partial charge in [0.2, 0.25) is 5.91 Å². The average Bonchev–Trinajstić information content (AvgIpc) is 2.93. The van der Waals surface area contributed by atoms with E-state index in [1.165, 1.54) is 5.56 Å².